The third kappa shape index (κ3) is 6.22. The third-order valence-corrected chi connectivity index (χ3v) is 5.00. The Morgan fingerprint density at radius 2 is 1.96 bits per heavy atom. The number of nitrogens with one attached hydrogen (secondary N) is 1. The van der Waals surface area contributed by atoms with E-state index in [0.29, 0.717) is 25.1 Å². The SMILES string of the molecule is CC[C@@H](C)NC(=O)CCCN(c1cc(C)ccc1C)S(C)(=O)=O. The van der Waals surface area contributed by atoms with Crippen LogP contribution in [-0.2, 0) is 14.8 Å². The molecule has 0 fully saturated rings. The summed E-state index contributed by atoms with van der Waals surface area (Å²) in [6.45, 7) is 8.09. The van der Waals surface area contributed by atoms with Crippen LogP contribution < -0.4 is 9.62 Å². The van der Waals surface area contributed by atoms with Gasteiger partial charge in [0.1, 0.15) is 0 Å². The van der Waals surface area contributed by atoms with Crippen LogP contribution in [0.2, 0.25) is 0 Å². The summed E-state index contributed by atoms with van der Waals surface area (Å²) in [5.74, 6) is -0.0336. The van der Waals surface area contributed by atoms with Gasteiger partial charge in [-0.3, -0.25) is 9.10 Å². The van der Waals surface area contributed by atoms with Gasteiger partial charge in [0.05, 0.1) is 11.9 Å². The molecule has 0 aromatic heterocycles. The lowest BCUT2D eigenvalue weighted by Crippen LogP contribution is -2.34. The summed E-state index contributed by atoms with van der Waals surface area (Å²) in [5.41, 5.74) is 2.61. The molecule has 0 saturated heterocycles. The number of aryl methyl sites for hydroxylation is 2. The molecule has 1 aromatic rings. The van der Waals surface area contributed by atoms with Crippen LogP contribution in [0.5, 0.6) is 0 Å². The molecule has 130 valence electrons. The summed E-state index contributed by atoms with van der Waals surface area (Å²) in [4.78, 5) is 11.8. The Morgan fingerprint density at radius 3 is 2.52 bits per heavy atom. The predicted octanol–water partition coefficient (Wildman–Crippen LogP) is 2.76. The number of hydrogen-bond donors (Lipinski definition) is 1. The average molecular weight is 340 g/mol. The first kappa shape index (κ1) is 19.5. The molecule has 0 aliphatic carbocycles. The second kappa shape index (κ2) is 8.34. The Bertz CT molecular complexity index is 641. The highest BCUT2D eigenvalue weighted by Gasteiger charge is 2.19. The molecule has 1 atom stereocenters. The van der Waals surface area contributed by atoms with Gasteiger partial charge in [-0.25, -0.2) is 8.42 Å². The van der Waals surface area contributed by atoms with Crippen molar-refractivity contribution in [3.8, 4) is 0 Å². The van der Waals surface area contributed by atoms with Crippen molar-refractivity contribution in [2.45, 2.75) is 53.0 Å². The van der Waals surface area contributed by atoms with Crippen molar-refractivity contribution in [2.24, 2.45) is 0 Å². The largest absolute Gasteiger partial charge is 0.354 e. The second-order valence-corrected chi connectivity index (χ2v) is 8.01. The molecule has 1 rings (SSSR count). The fourth-order valence-electron chi connectivity index (χ4n) is 2.29. The van der Waals surface area contributed by atoms with Gasteiger partial charge in [-0.05, 0) is 50.8 Å². The minimum absolute atomic E-state index is 0.0336. The van der Waals surface area contributed by atoms with Gasteiger partial charge in [-0.1, -0.05) is 19.1 Å². The molecule has 6 heteroatoms. The number of benzene rings is 1. The summed E-state index contributed by atoms with van der Waals surface area (Å²) in [5, 5.41) is 2.90. The number of amides is 1. The molecule has 1 amide bonds. The normalized spacial score (nSPS) is 12.7. The van der Waals surface area contributed by atoms with Gasteiger partial charge in [-0.15, -0.1) is 0 Å². The van der Waals surface area contributed by atoms with E-state index in [9.17, 15) is 13.2 Å². The molecule has 0 aliphatic heterocycles. The van der Waals surface area contributed by atoms with Gasteiger partial charge in [-0.2, -0.15) is 0 Å². The Morgan fingerprint density at radius 1 is 1.30 bits per heavy atom. The van der Waals surface area contributed by atoms with E-state index < -0.39 is 10.0 Å². The van der Waals surface area contributed by atoms with Gasteiger partial charge in [0.25, 0.3) is 0 Å². The molecule has 0 aliphatic rings. The van der Waals surface area contributed by atoms with Crippen LogP contribution in [0.25, 0.3) is 0 Å². The molecule has 0 saturated carbocycles. The van der Waals surface area contributed by atoms with Gasteiger partial charge in [0.2, 0.25) is 15.9 Å². The molecule has 5 nitrogen and oxygen atoms in total. The van der Waals surface area contributed by atoms with E-state index in [1.165, 1.54) is 10.6 Å². The quantitative estimate of drug-likeness (QED) is 0.791. The average Bonchev–Trinajstić information content (AvgIpc) is 2.45. The molecular formula is C17H28N2O3S. The standard InChI is InChI=1S/C17H28N2O3S/c1-6-15(4)18-17(20)8-7-11-19(23(5,21)22)16-12-13(2)9-10-14(16)3/h9-10,12,15H,6-8,11H2,1-5H3,(H,18,20)/t15-/m1/s1. The number of carbonyl (C=O) groups is 1. The summed E-state index contributed by atoms with van der Waals surface area (Å²) < 4.78 is 25.6. The zero-order valence-corrected chi connectivity index (χ0v) is 15.5. The van der Waals surface area contributed by atoms with Crippen LogP contribution in [0.3, 0.4) is 0 Å². The van der Waals surface area contributed by atoms with Crippen molar-refractivity contribution in [1.82, 2.24) is 5.32 Å². The number of sulfonamides is 1. The lowest BCUT2D eigenvalue weighted by Gasteiger charge is -2.24. The number of nitrogens with zero attached hydrogens (tertiary/aromatic N) is 1. The first-order valence-electron chi connectivity index (χ1n) is 7.99. The number of rotatable bonds is 8. The molecule has 0 heterocycles. The smallest absolute Gasteiger partial charge is 0.232 e. The molecule has 0 unspecified atom stereocenters. The van der Waals surface area contributed by atoms with Crippen molar-refractivity contribution >= 4 is 21.6 Å². The van der Waals surface area contributed by atoms with Crippen LogP contribution in [0.15, 0.2) is 18.2 Å². The van der Waals surface area contributed by atoms with E-state index in [0.717, 1.165) is 17.5 Å². The van der Waals surface area contributed by atoms with E-state index in [4.69, 9.17) is 0 Å². The summed E-state index contributed by atoms with van der Waals surface area (Å²) in [6, 6.07) is 5.89. The van der Waals surface area contributed by atoms with Gasteiger partial charge >= 0.3 is 0 Å². The van der Waals surface area contributed by atoms with Crippen LogP contribution >= 0.6 is 0 Å². The molecule has 1 N–H and O–H groups in total. The maximum absolute atomic E-state index is 12.1. The van der Waals surface area contributed by atoms with Crippen molar-refractivity contribution in [2.75, 3.05) is 17.1 Å². The van der Waals surface area contributed by atoms with E-state index in [1.807, 2.05) is 45.9 Å². The highest BCUT2D eigenvalue weighted by Crippen LogP contribution is 2.24. The number of anilines is 1. The van der Waals surface area contributed by atoms with E-state index >= 15 is 0 Å². The summed E-state index contributed by atoms with van der Waals surface area (Å²) >= 11 is 0. The summed E-state index contributed by atoms with van der Waals surface area (Å²) in [6.07, 6.45) is 2.89. The topological polar surface area (TPSA) is 66.5 Å². The van der Waals surface area contributed by atoms with Gasteiger partial charge in [0, 0.05) is 19.0 Å². The number of carbonyl (C=O) groups excluding carboxylic acids is 1. The molecule has 0 spiro atoms. The zero-order chi connectivity index (χ0) is 17.6. The minimum atomic E-state index is -3.38. The second-order valence-electron chi connectivity index (χ2n) is 6.11. The van der Waals surface area contributed by atoms with Crippen LogP contribution in [0.4, 0.5) is 5.69 Å². The summed E-state index contributed by atoms with van der Waals surface area (Å²) in [7, 11) is -3.38. The van der Waals surface area contributed by atoms with E-state index in [1.54, 1.807) is 0 Å². The maximum atomic E-state index is 12.1. The van der Waals surface area contributed by atoms with Crippen molar-refractivity contribution in [3.63, 3.8) is 0 Å². The first-order valence-corrected chi connectivity index (χ1v) is 9.84. The molecule has 0 bridgehead atoms. The fourth-order valence-corrected chi connectivity index (χ4v) is 3.30. The van der Waals surface area contributed by atoms with Crippen molar-refractivity contribution < 1.29 is 13.2 Å². The highest BCUT2D eigenvalue weighted by atomic mass is 32.2. The number of hydrogen-bond acceptors (Lipinski definition) is 3. The van der Waals surface area contributed by atoms with E-state index in [2.05, 4.69) is 5.32 Å². The Kier molecular flexibility index (Phi) is 7.06. The van der Waals surface area contributed by atoms with Crippen molar-refractivity contribution in [3.05, 3.63) is 29.3 Å². The predicted molar refractivity (Wildman–Crippen MR) is 95.2 cm³/mol. The maximum Gasteiger partial charge on any atom is 0.232 e. The first-order chi connectivity index (χ1) is 10.6. The van der Waals surface area contributed by atoms with Gasteiger partial charge in [0.15, 0.2) is 0 Å². The zero-order valence-electron chi connectivity index (χ0n) is 14.7. The highest BCUT2D eigenvalue weighted by molar-refractivity contribution is 7.92. The lowest BCUT2D eigenvalue weighted by atomic mass is 10.1. The minimum Gasteiger partial charge on any atom is -0.354 e. The van der Waals surface area contributed by atoms with Gasteiger partial charge < -0.3 is 5.32 Å². The van der Waals surface area contributed by atoms with Crippen molar-refractivity contribution in [1.29, 1.82) is 0 Å². The molecular weight excluding hydrogens is 312 g/mol. The Balaban J connectivity index is 2.78. The fraction of sp³-hybridized carbons (Fsp3) is 0.588. The van der Waals surface area contributed by atoms with Crippen LogP contribution in [0.1, 0.15) is 44.2 Å². The van der Waals surface area contributed by atoms with Crippen LogP contribution in [-0.4, -0.2) is 33.2 Å². The third-order valence-electron chi connectivity index (χ3n) is 3.82. The lowest BCUT2D eigenvalue weighted by molar-refractivity contribution is -0.121. The molecule has 0 radical (unpaired) electrons. The van der Waals surface area contributed by atoms with E-state index in [-0.39, 0.29) is 11.9 Å². The van der Waals surface area contributed by atoms with Crippen LogP contribution in [0, 0.1) is 13.8 Å². The monoisotopic (exact) mass is 340 g/mol. The molecule has 23 heavy (non-hydrogen) atoms. The Labute approximate surface area is 140 Å². The Hall–Kier alpha value is -1.56. The molecule has 1 aromatic carbocycles.